The molecule has 0 spiro atoms. The molecule has 1 heterocycles. The number of carbonyl (C=O) groups is 1. The molecule has 7 heteroatoms. The van der Waals surface area contributed by atoms with Gasteiger partial charge in [-0.25, -0.2) is 4.79 Å². The van der Waals surface area contributed by atoms with Gasteiger partial charge in [0, 0.05) is 50.1 Å². The van der Waals surface area contributed by atoms with Gasteiger partial charge in [0.05, 0.1) is 19.4 Å². The van der Waals surface area contributed by atoms with Gasteiger partial charge in [-0.1, -0.05) is 44.6 Å². The fourth-order valence-electron chi connectivity index (χ4n) is 5.16. The average Bonchev–Trinajstić information content (AvgIpc) is 3.68. The lowest BCUT2D eigenvalue weighted by atomic mass is 10.0. The number of allylic oxidation sites excluding steroid dienone is 2. The molecule has 1 saturated carbocycles. The molecule has 7 nitrogen and oxygen atoms in total. The van der Waals surface area contributed by atoms with Gasteiger partial charge in [-0.2, -0.15) is 0 Å². The Bertz CT molecular complexity index is 1010. The maximum Gasteiger partial charge on any atom is 0.324 e. The summed E-state index contributed by atoms with van der Waals surface area (Å²) in [5, 5.41) is 13.1. The van der Waals surface area contributed by atoms with Crippen LogP contribution in [-0.2, 0) is 17.7 Å². The number of aliphatic hydroxyl groups is 1. The zero-order valence-corrected chi connectivity index (χ0v) is 22.0. The number of hydrogen-bond donors (Lipinski definition) is 2. The summed E-state index contributed by atoms with van der Waals surface area (Å²) >= 11 is 0. The summed E-state index contributed by atoms with van der Waals surface area (Å²) < 4.78 is 11.3. The lowest BCUT2D eigenvalue weighted by Gasteiger charge is -2.40. The fraction of sp³-hybridized carbons (Fsp3) is 0.552. The highest BCUT2D eigenvalue weighted by molar-refractivity contribution is 5.78. The van der Waals surface area contributed by atoms with Gasteiger partial charge in [-0.3, -0.25) is 4.90 Å². The molecule has 3 aliphatic rings. The van der Waals surface area contributed by atoms with Crippen molar-refractivity contribution in [2.75, 3.05) is 33.9 Å². The van der Waals surface area contributed by atoms with E-state index in [0.717, 1.165) is 47.8 Å². The quantitative estimate of drug-likeness (QED) is 0.310. The summed E-state index contributed by atoms with van der Waals surface area (Å²) in [7, 11) is 3.38. The predicted molar refractivity (Wildman–Crippen MR) is 142 cm³/mol. The molecule has 1 aliphatic heterocycles. The van der Waals surface area contributed by atoms with Crippen molar-refractivity contribution in [3.05, 3.63) is 65.2 Å². The number of urea groups is 1. The second-order valence-corrected chi connectivity index (χ2v) is 10.5. The first-order valence-corrected chi connectivity index (χ1v) is 13.1. The molecule has 2 amide bonds. The first-order valence-electron chi connectivity index (χ1n) is 13.1. The van der Waals surface area contributed by atoms with Crippen molar-refractivity contribution >= 4 is 6.03 Å². The van der Waals surface area contributed by atoms with E-state index in [1.54, 1.807) is 14.2 Å². The van der Waals surface area contributed by atoms with Crippen LogP contribution >= 0.6 is 0 Å². The minimum Gasteiger partial charge on any atom is -0.513 e. The van der Waals surface area contributed by atoms with E-state index in [4.69, 9.17) is 9.47 Å². The van der Waals surface area contributed by atoms with Crippen LogP contribution in [-0.4, -0.2) is 60.9 Å². The predicted octanol–water partition coefficient (Wildman–Crippen LogP) is 5.15. The fourth-order valence-corrected chi connectivity index (χ4v) is 5.16. The molecular weight excluding hydrogens is 454 g/mol. The molecule has 2 N–H and O–H groups in total. The van der Waals surface area contributed by atoms with Crippen LogP contribution in [0.25, 0.3) is 0 Å². The van der Waals surface area contributed by atoms with Crippen molar-refractivity contribution in [3.8, 4) is 5.75 Å². The van der Waals surface area contributed by atoms with E-state index in [1.807, 2.05) is 28.0 Å². The lowest BCUT2D eigenvalue weighted by Crippen LogP contribution is -2.52. The number of aliphatic hydroxyl groups excluding tert-OH is 1. The van der Waals surface area contributed by atoms with Crippen LogP contribution in [0.5, 0.6) is 5.75 Å². The summed E-state index contributed by atoms with van der Waals surface area (Å²) in [6.07, 6.45) is 10.6. The highest BCUT2D eigenvalue weighted by Crippen LogP contribution is 2.33. The normalized spacial score (nSPS) is 22.2. The molecule has 1 aromatic carbocycles. The first kappa shape index (κ1) is 26.1. The van der Waals surface area contributed by atoms with Crippen molar-refractivity contribution in [3.63, 3.8) is 0 Å². The van der Waals surface area contributed by atoms with Gasteiger partial charge in [0.1, 0.15) is 11.9 Å². The summed E-state index contributed by atoms with van der Waals surface area (Å²) in [6.45, 7) is 8.54. The SMILES string of the molecule is C=C(O)Cc1ccc(CN2CC(C)CN(C3=CCC(OC)C(NCCCC4CC4)=C3)C2=O)c(OC)c1. The first-order chi connectivity index (χ1) is 17.4. The van der Waals surface area contributed by atoms with Crippen molar-refractivity contribution in [2.24, 2.45) is 11.8 Å². The van der Waals surface area contributed by atoms with Crippen molar-refractivity contribution in [1.82, 2.24) is 15.1 Å². The van der Waals surface area contributed by atoms with E-state index in [1.165, 1.54) is 19.3 Å². The molecule has 2 fully saturated rings. The van der Waals surface area contributed by atoms with Crippen LogP contribution in [0.1, 0.15) is 50.2 Å². The number of nitrogens with zero attached hydrogens (tertiary/aromatic N) is 2. The number of ether oxygens (including phenoxy) is 2. The Labute approximate surface area is 215 Å². The molecule has 0 bridgehead atoms. The number of nitrogens with one attached hydrogen (secondary N) is 1. The van der Waals surface area contributed by atoms with E-state index in [-0.39, 0.29) is 17.9 Å². The third-order valence-corrected chi connectivity index (χ3v) is 7.25. The Kier molecular flexibility index (Phi) is 8.62. The second-order valence-electron chi connectivity index (χ2n) is 10.5. The van der Waals surface area contributed by atoms with Gasteiger partial charge in [0.25, 0.3) is 0 Å². The number of benzene rings is 1. The number of methoxy groups -OCH3 is 2. The van der Waals surface area contributed by atoms with Gasteiger partial charge in [-0.05, 0) is 48.8 Å². The smallest absolute Gasteiger partial charge is 0.324 e. The molecule has 1 saturated heterocycles. The topological polar surface area (TPSA) is 74.3 Å². The maximum absolute atomic E-state index is 13.6. The summed E-state index contributed by atoms with van der Waals surface area (Å²) in [5.74, 6) is 2.09. The van der Waals surface area contributed by atoms with Crippen LogP contribution < -0.4 is 10.1 Å². The second kappa shape index (κ2) is 11.9. The zero-order valence-electron chi connectivity index (χ0n) is 22.0. The molecule has 36 heavy (non-hydrogen) atoms. The highest BCUT2D eigenvalue weighted by atomic mass is 16.5. The molecule has 0 radical (unpaired) electrons. The minimum absolute atomic E-state index is 0.000808. The zero-order chi connectivity index (χ0) is 25.7. The Hall–Kier alpha value is -2.93. The lowest BCUT2D eigenvalue weighted by molar-refractivity contribution is 0.113. The van der Waals surface area contributed by atoms with Gasteiger partial charge >= 0.3 is 6.03 Å². The number of amides is 2. The van der Waals surface area contributed by atoms with Crippen LogP contribution in [0.15, 0.2) is 54.1 Å². The van der Waals surface area contributed by atoms with Crippen LogP contribution in [0.3, 0.4) is 0 Å². The molecule has 1 aromatic rings. The maximum atomic E-state index is 13.6. The summed E-state index contributed by atoms with van der Waals surface area (Å²) in [6, 6.07) is 5.84. The highest BCUT2D eigenvalue weighted by Gasteiger charge is 2.33. The number of carbonyl (C=O) groups excluding carboxylic acids is 1. The van der Waals surface area contributed by atoms with Crippen LogP contribution in [0.2, 0.25) is 0 Å². The Morgan fingerprint density at radius 1 is 1.25 bits per heavy atom. The number of hydrogen-bond acceptors (Lipinski definition) is 5. The van der Waals surface area contributed by atoms with E-state index >= 15 is 0 Å². The molecule has 2 atom stereocenters. The monoisotopic (exact) mass is 495 g/mol. The Morgan fingerprint density at radius 2 is 2.06 bits per heavy atom. The average molecular weight is 496 g/mol. The largest absolute Gasteiger partial charge is 0.513 e. The summed E-state index contributed by atoms with van der Waals surface area (Å²) in [4.78, 5) is 17.4. The van der Waals surface area contributed by atoms with Gasteiger partial charge in [0.15, 0.2) is 0 Å². The van der Waals surface area contributed by atoms with E-state index < -0.39 is 0 Å². The van der Waals surface area contributed by atoms with Crippen molar-refractivity contribution < 1.29 is 19.4 Å². The van der Waals surface area contributed by atoms with Crippen molar-refractivity contribution in [2.45, 2.75) is 58.1 Å². The molecule has 0 aromatic heterocycles. The van der Waals surface area contributed by atoms with Crippen LogP contribution in [0, 0.1) is 11.8 Å². The van der Waals surface area contributed by atoms with Gasteiger partial charge in [0.2, 0.25) is 0 Å². The summed E-state index contributed by atoms with van der Waals surface area (Å²) in [5.41, 5.74) is 3.87. The molecule has 2 aliphatic carbocycles. The van der Waals surface area contributed by atoms with Crippen LogP contribution in [0.4, 0.5) is 4.79 Å². The number of rotatable bonds is 12. The van der Waals surface area contributed by atoms with Gasteiger partial charge < -0.3 is 24.8 Å². The van der Waals surface area contributed by atoms with E-state index in [9.17, 15) is 9.90 Å². The molecule has 4 rings (SSSR count). The molecule has 2 unspecified atom stereocenters. The molecular formula is C29H41N3O4. The third kappa shape index (κ3) is 6.64. The van der Waals surface area contributed by atoms with E-state index in [0.29, 0.717) is 37.7 Å². The Morgan fingerprint density at radius 3 is 2.75 bits per heavy atom. The van der Waals surface area contributed by atoms with E-state index in [2.05, 4.69) is 31.0 Å². The van der Waals surface area contributed by atoms with Gasteiger partial charge in [-0.15, -0.1) is 0 Å². The Balaban J connectivity index is 1.46. The standard InChI is InChI=1S/C29H41N3O4/c1-20-17-31(19-24-10-9-23(14-21(2)33)15-28(24)36-4)29(34)32(18-20)25-11-12-27(35-3)26(16-25)30-13-5-6-22-7-8-22/h9-11,15-16,20,22,27,30,33H,2,5-8,12-14,17-19H2,1,3-4H3. The third-order valence-electron chi connectivity index (χ3n) is 7.25. The van der Waals surface area contributed by atoms with Crippen molar-refractivity contribution in [1.29, 1.82) is 0 Å². The minimum atomic E-state index is 0.000808. The molecule has 196 valence electrons.